The second-order valence-corrected chi connectivity index (χ2v) is 6.54. The zero-order chi connectivity index (χ0) is 19.2. The lowest BCUT2D eigenvalue weighted by atomic mass is 10.00. The van der Waals surface area contributed by atoms with Crippen LogP contribution in [0.15, 0.2) is 36.4 Å². The molecule has 0 fully saturated rings. The van der Waals surface area contributed by atoms with E-state index in [4.69, 9.17) is 14.2 Å². The van der Waals surface area contributed by atoms with E-state index in [-0.39, 0.29) is 5.91 Å². The van der Waals surface area contributed by atoms with Crippen molar-refractivity contribution >= 4 is 5.91 Å². The average Bonchev–Trinajstić information content (AvgIpc) is 2.71. The number of nitrogens with one attached hydrogen (secondary N) is 1. The molecule has 0 aliphatic carbocycles. The van der Waals surface area contributed by atoms with Crippen molar-refractivity contribution in [2.45, 2.75) is 19.5 Å². The number of benzene rings is 2. The Balaban J connectivity index is 1.58. The number of carbonyl (C=O) groups is 1. The molecule has 0 atom stereocenters. The van der Waals surface area contributed by atoms with Gasteiger partial charge in [0.2, 0.25) is 11.7 Å². The highest BCUT2D eigenvalue weighted by molar-refractivity contribution is 5.78. The first-order valence-electron chi connectivity index (χ1n) is 8.99. The first-order chi connectivity index (χ1) is 13.1. The smallest absolute Gasteiger partial charge is 0.234 e. The number of amides is 1. The first-order valence-corrected chi connectivity index (χ1v) is 8.99. The average molecular weight is 370 g/mol. The highest BCUT2D eigenvalue weighted by Crippen LogP contribution is 2.38. The molecule has 0 bridgehead atoms. The molecule has 1 aliphatic heterocycles. The highest BCUT2D eigenvalue weighted by Gasteiger charge is 2.18. The summed E-state index contributed by atoms with van der Waals surface area (Å²) in [5, 5.41) is 2.98. The van der Waals surface area contributed by atoms with Gasteiger partial charge in [-0.1, -0.05) is 24.3 Å². The Labute approximate surface area is 160 Å². The molecule has 1 N–H and O–H groups in total. The summed E-state index contributed by atoms with van der Waals surface area (Å²) in [6, 6.07) is 12.1. The van der Waals surface area contributed by atoms with Gasteiger partial charge in [0, 0.05) is 19.6 Å². The predicted octanol–water partition coefficient (Wildman–Crippen LogP) is 2.39. The van der Waals surface area contributed by atoms with Gasteiger partial charge in [0.25, 0.3) is 0 Å². The molecule has 27 heavy (non-hydrogen) atoms. The van der Waals surface area contributed by atoms with E-state index in [0.29, 0.717) is 30.3 Å². The molecular weight excluding hydrogens is 344 g/mol. The Morgan fingerprint density at radius 1 is 1.04 bits per heavy atom. The third-order valence-electron chi connectivity index (χ3n) is 4.79. The Kier molecular flexibility index (Phi) is 6.19. The van der Waals surface area contributed by atoms with E-state index in [9.17, 15) is 4.79 Å². The van der Waals surface area contributed by atoms with Crippen molar-refractivity contribution in [1.29, 1.82) is 0 Å². The monoisotopic (exact) mass is 370 g/mol. The first kappa shape index (κ1) is 19.0. The van der Waals surface area contributed by atoms with Crippen LogP contribution in [0.1, 0.15) is 16.7 Å². The number of ether oxygens (including phenoxy) is 3. The summed E-state index contributed by atoms with van der Waals surface area (Å²) in [5.41, 5.74) is 3.58. The molecule has 0 saturated heterocycles. The Hall–Kier alpha value is -2.73. The van der Waals surface area contributed by atoms with Gasteiger partial charge in [0.15, 0.2) is 11.5 Å². The molecule has 6 heteroatoms. The summed E-state index contributed by atoms with van der Waals surface area (Å²) in [7, 11) is 4.72. The zero-order valence-corrected chi connectivity index (χ0v) is 16.1. The Bertz CT molecular complexity index is 782. The summed E-state index contributed by atoms with van der Waals surface area (Å²) in [6.45, 7) is 2.50. The molecule has 0 radical (unpaired) electrons. The van der Waals surface area contributed by atoms with Crippen molar-refractivity contribution in [2.24, 2.45) is 0 Å². The summed E-state index contributed by atoms with van der Waals surface area (Å²) in [5.74, 6) is 1.70. The molecule has 0 saturated carbocycles. The van der Waals surface area contributed by atoms with Crippen LogP contribution in [0.5, 0.6) is 17.2 Å². The van der Waals surface area contributed by atoms with Crippen LogP contribution in [0.2, 0.25) is 0 Å². The highest BCUT2D eigenvalue weighted by atomic mass is 16.5. The third-order valence-corrected chi connectivity index (χ3v) is 4.79. The number of hydrogen-bond donors (Lipinski definition) is 1. The molecule has 2 aromatic carbocycles. The minimum absolute atomic E-state index is 0.00290. The van der Waals surface area contributed by atoms with E-state index < -0.39 is 0 Å². The van der Waals surface area contributed by atoms with Gasteiger partial charge in [-0.3, -0.25) is 9.69 Å². The second kappa shape index (κ2) is 8.77. The SMILES string of the molecule is COc1cc(CNC(=O)CN2CCc3ccccc3C2)cc(OC)c1OC. The van der Waals surface area contributed by atoms with Crippen molar-refractivity contribution in [3.05, 3.63) is 53.1 Å². The van der Waals surface area contributed by atoms with Crippen LogP contribution in [0.3, 0.4) is 0 Å². The van der Waals surface area contributed by atoms with Crippen LogP contribution < -0.4 is 19.5 Å². The van der Waals surface area contributed by atoms with Crippen molar-refractivity contribution < 1.29 is 19.0 Å². The van der Waals surface area contributed by atoms with E-state index in [1.54, 1.807) is 21.3 Å². The normalized spacial score (nSPS) is 13.6. The van der Waals surface area contributed by atoms with E-state index in [2.05, 4.69) is 28.4 Å². The molecular formula is C21H26N2O4. The molecule has 0 spiro atoms. The van der Waals surface area contributed by atoms with Gasteiger partial charge in [-0.2, -0.15) is 0 Å². The number of carbonyl (C=O) groups excluding carboxylic acids is 1. The van der Waals surface area contributed by atoms with Crippen LogP contribution in [0, 0.1) is 0 Å². The van der Waals surface area contributed by atoms with Crippen LogP contribution in [0.4, 0.5) is 0 Å². The van der Waals surface area contributed by atoms with Gasteiger partial charge in [-0.15, -0.1) is 0 Å². The number of nitrogens with zero attached hydrogens (tertiary/aromatic N) is 1. The van der Waals surface area contributed by atoms with E-state index in [0.717, 1.165) is 25.1 Å². The van der Waals surface area contributed by atoms with Gasteiger partial charge in [-0.25, -0.2) is 0 Å². The van der Waals surface area contributed by atoms with Crippen molar-refractivity contribution in [2.75, 3.05) is 34.4 Å². The van der Waals surface area contributed by atoms with Crippen molar-refractivity contribution in [3.8, 4) is 17.2 Å². The fraction of sp³-hybridized carbons (Fsp3) is 0.381. The Morgan fingerprint density at radius 2 is 1.70 bits per heavy atom. The molecule has 2 aromatic rings. The number of fused-ring (bicyclic) bond motifs is 1. The maximum Gasteiger partial charge on any atom is 0.234 e. The molecule has 1 aliphatic rings. The Morgan fingerprint density at radius 3 is 2.33 bits per heavy atom. The largest absolute Gasteiger partial charge is 0.493 e. The lowest BCUT2D eigenvalue weighted by Crippen LogP contribution is -2.39. The van der Waals surface area contributed by atoms with E-state index in [1.807, 2.05) is 18.2 Å². The van der Waals surface area contributed by atoms with Crippen LogP contribution in [0.25, 0.3) is 0 Å². The molecule has 0 unspecified atom stereocenters. The molecule has 3 rings (SSSR count). The summed E-state index contributed by atoms with van der Waals surface area (Å²) >= 11 is 0. The molecule has 144 valence electrons. The van der Waals surface area contributed by atoms with Gasteiger partial charge in [-0.05, 0) is 35.2 Å². The summed E-state index contributed by atoms with van der Waals surface area (Å²) in [6.07, 6.45) is 0.982. The zero-order valence-electron chi connectivity index (χ0n) is 16.1. The minimum Gasteiger partial charge on any atom is -0.493 e. The quantitative estimate of drug-likeness (QED) is 0.811. The standard InChI is InChI=1S/C21H26N2O4/c1-25-18-10-15(11-19(26-2)21(18)27-3)12-22-20(24)14-23-9-8-16-6-4-5-7-17(16)13-23/h4-7,10-11H,8-9,12-14H2,1-3H3,(H,22,24). The molecule has 6 nitrogen and oxygen atoms in total. The summed E-state index contributed by atoms with van der Waals surface area (Å²) in [4.78, 5) is 14.6. The van der Waals surface area contributed by atoms with Gasteiger partial charge in [0.05, 0.1) is 27.9 Å². The van der Waals surface area contributed by atoms with Crippen molar-refractivity contribution in [1.82, 2.24) is 10.2 Å². The topological polar surface area (TPSA) is 60.0 Å². The maximum atomic E-state index is 12.4. The van der Waals surface area contributed by atoms with Crippen LogP contribution in [-0.4, -0.2) is 45.2 Å². The maximum absolute atomic E-state index is 12.4. The van der Waals surface area contributed by atoms with E-state index >= 15 is 0 Å². The lowest BCUT2D eigenvalue weighted by molar-refractivity contribution is -0.122. The number of hydrogen-bond acceptors (Lipinski definition) is 5. The van der Waals surface area contributed by atoms with E-state index in [1.165, 1.54) is 11.1 Å². The molecule has 1 heterocycles. The molecule has 0 aromatic heterocycles. The predicted molar refractivity (Wildman–Crippen MR) is 103 cm³/mol. The van der Waals surface area contributed by atoms with Gasteiger partial charge in [0.1, 0.15) is 0 Å². The van der Waals surface area contributed by atoms with Crippen LogP contribution in [-0.2, 0) is 24.3 Å². The summed E-state index contributed by atoms with van der Waals surface area (Å²) < 4.78 is 16.0. The van der Waals surface area contributed by atoms with Gasteiger partial charge < -0.3 is 19.5 Å². The van der Waals surface area contributed by atoms with Crippen molar-refractivity contribution in [3.63, 3.8) is 0 Å². The van der Waals surface area contributed by atoms with Gasteiger partial charge >= 0.3 is 0 Å². The number of methoxy groups -OCH3 is 3. The minimum atomic E-state index is 0.00290. The second-order valence-electron chi connectivity index (χ2n) is 6.54. The fourth-order valence-corrected chi connectivity index (χ4v) is 3.39. The third kappa shape index (κ3) is 4.52. The lowest BCUT2D eigenvalue weighted by Gasteiger charge is -2.28. The fourth-order valence-electron chi connectivity index (χ4n) is 3.39. The molecule has 1 amide bonds. The van der Waals surface area contributed by atoms with Crippen LogP contribution >= 0.6 is 0 Å². The number of rotatable bonds is 7.